The summed E-state index contributed by atoms with van der Waals surface area (Å²) in [5.41, 5.74) is 0. The molecule has 16 heavy (non-hydrogen) atoms. The number of rotatable bonds is 2. The maximum atomic E-state index is 11.7. The Morgan fingerprint density at radius 3 is 3.06 bits per heavy atom. The fraction of sp³-hybridized carbons (Fsp3) is 0.500. The minimum Gasteiger partial charge on any atom is -0.347 e. The molecule has 0 atom stereocenters. The van der Waals surface area contributed by atoms with Crippen LogP contribution in [0.15, 0.2) is 6.20 Å². The zero-order valence-corrected chi connectivity index (χ0v) is 9.84. The highest BCUT2D eigenvalue weighted by atomic mass is 32.1. The van der Waals surface area contributed by atoms with E-state index in [0.29, 0.717) is 19.5 Å². The van der Waals surface area contributed by atoms with Gasteiger partial charge in [-0.15, -0.1) is 11.3 Å². The number of hydrogen-bond donors (Lipinski definition) is 1. The summed E-state index contributed by atoms with van der Waals surface area (Å²) in [6, 6.07) is 0. The minimum atomic E-state index is -0.0589. The molecule has 6 heteroatoms. The van der Waals surface area contributed by atoms with Crippen LogP contribution in [0.2, 0.25) is 0 Å². The van der Waals surface area contributed by atoms with Gasteiger partial charge in [0, 0.05) is 24.0 Å². The number of nitrogens with one attached hydrogen (secondary N) is 1. The Morgan fingerprint density at radius 1 is 1.56 bits per heavy atom. The molecule has 86 valence electrons. The van der Waals surface area contributed by atoms with Gasteiger partial charge in [-0.25, -0.2) is 4.98 Å². The maximum Gasteiger partial charge on any atom is 0.242 e. The lowest BCUT2D eigenvalue weighted by Gasteiger charge is -2.18. The highest BCUT2D eigenvalue weighted by Gasteiger charge is 2.20. The van der Waals surface area contributed by atoms with Crippen LogP contribution in [-0.4, -0.2) is 34.8 Å². The average Bonchev–Trinajstić information content (AvgIpc) is 2.59. The first kappa shape index (κ1) is 11.1. The molecule has 2 rings (SSSR count). The van der Waals surface area contributed by atoms with Crippen molar-refractivity contribution in [1.82, 2.24) is 15.2 Å². The van der Waals surface area contributed by atoms with Gasteiger partial charge in [0.2, 0.25) is 11.8 Å². The lowest BCUT2D eigenvalue weighted by atomic mass is 10.3. The summed E-state index contributed by atoms with van der Waals surface area (Å²) in [4.78, 5) is 29.7. The molecule has 0 aliphatic carbocycles. The summed E-state index contributed by atoms with van der Waals surface area (Å²) >= 11 is 1.58. The van der Waals surface area contributed by atoms with Gasteiger partial charge in [0.15, 0.2) is 0 Å². The van der Waals surface area contributed by atoms with Crippen molar-refractivity contribution in [3.63, 3.8) is 0 Å². The molecule has 0 radical (unpaired) electrons. The summed E-state index contributed by atoms with van der Waals surface area (Å²) in [5.74, 6) is -0.0896. The van der Waals surface area contributed by atoms with Gasteiger partial charge in [0.1, 0.15) is 0 Å². The van der Waals surface area contributed by atoms with Crippen LogP contribution in [0.3, 0.4) is 0 Å². The summed E-state index contributed by atoms with van der Waals surface area (Å²) in [6.45, 7) is 3.08. The number of amides is 2. The summed E-state index contributed by atoms with van der Waals surface area (Å²) in [7, 11) is 0. The molecule has 0 saturated carbocycles. The number of thiazole rings is 1. The summed E-state index contributed by atoms with van der Waals surface area (Å²) in [6.07, 6.45) is 2.16. The van der Waals surface area contributed by atoms with Crippen molar-refractivity contribution in [3.8, 4) is 0 Å². The number of aryl methyl sites for hydroxylation is 1. The molecular weight excluding hydrogens is 226 g/mol. The van der Waals surface area contributed by atoms with Gasteiger partial charge in [0.25, 0.3) is 0 Å². The van der Waals surface area contributed by atoms with Crippen molar-refractivity contribution in [2.45, 2.75) is 19.9 Å². The topological polar surface area (TPSA) is 62.3 Å². The van der Waals surface area contributed by atoms with E-state index in [2.05, 4.69) is 10.3 Å². The fourth-order valence-corrected chi connectivity index (χ4v) is 2.38. The van der Waals surface area contributed by atoms with Crippen LogP contribution in [-0.2, 0) is 16.1 Å². The van der Waals surface area contributed by atoms with Gasteiger partial charge in [-0.3, -0.25) is 9.59 Å². The molecule has 1 N–H and O–H groups in total. The molecule has 0 spiro atoms. The zero-order valence-electron chi connectivity index (χ0n) is 9.02. The highest BCUT2D eigenvalue weighted by molar-refractivity contribution is 7.11. The van der Waals surface area contributed by atoms with Crippen LogP contribution >= 0.6 is 11.3 Å². The van der Waals surface area contributed by atoms with E-state index in [1.165, 1.54) is 0 Å². The predicted octanol–water partition coefficient (Wildman–Crippen LogP) is 0.300. The van der Waals surface area contributed by atoms with Crippen molar-refractivity contribution < 1.29 is 9.59 Å². The van der Waals surface area contributed by atoms with E-state index in [1.54, 1.807) is 22.4 Å². The lowest BCUT2D eigenvalue weighted by molar-refractivity contribution is -0.130. The third-order valence-electron chi connectivity index (χ3n) is 2.41. The van der Waals surface area contributed by atoms with Crippen LogP contribution in [0.4, 0.5) is 0 Å². The second-order valence-electron chi connectivity index (χ2n) is 3.69. The van der Waals surface area contributed by atoms with E-state index in [9.17, 15) is 9.59 Å². The van der Waals surface area contributed by atoms with Crippen molar-refractivity contribution in [3.05, 3.63) is 16.1 Å². The normalized spacial score (nSPS) is 17.2. The number of hydrogen-bond acceptors (Lipinski definition) is 4. The second kappa shape index (κ2) is 4.61. The van der Waals surface area contributed by atoms with Crippen molar-refractivity contribution >= 4 is 23.2 Å². The van der Waals surface area contributed by atoms with Crippen molar-refractivity contribution in [2.24, 2.45) is 0 Å². The van der Waals surface area contributed by atoms with Crippen LogP contribution in [0, 0.1) is 6.92 Å². The number of carbonyl (C=O) groups is 2. The van der Waals surface area contributed by atoms with Gasteiger partial charge >= 0.3 is 0 Å². The van der Waals surface area contributed by atoms with E-state index >= 15 is 0 Å². The number of carbonyl (C=O) groups excluding carboxylic acids is 2. The number of nitrogens with zero attached hydrogens (tertiary/aromatic N) is 2. The van der Waals surface area contributed by atoms with E-state index in [1.807, 2.05) is 6.92 Å². The van der Waals surface area contributed by atoms with Crippen molar-refractivity contribution in [1.29, 1.82) is 0 Å². The molecule has 1 aromatic rings. The SMILES string of the molecule is Cc1ncc(CN2CCC(=O)NCC2=O)s1. The monoisotopic (exact) mass is 239 g/mol. The van der Waals surface area contributed by atoms with E-state index in [0.717, 1.165) is 9.88 Å². The van der Waals surface area contributed by atoms with Crippen LogP contribution in [0.1, 0.15) is 16.3 Å². The van der Waals surface area contributed by atoms with Crippen LogP contribution in [0.25, 0.3) is 0 Å². The first-order chi connectivity index (χ1) is 7.65. The molecule has 2 heterocycles. The quantitative estimate of drug-likeness (QED) is 0.807. The van der Waals surface area contributed by atoms with E-state index < -0.39 is 0 Å². The zero-order chi connectivity index (χ0) is 11.5. The average molecular weight is 239 g/mol. The second-order valence-corrected chi connectivity index (χ2v) is 5.01. The highest BCUT2D eigenvalue weighted by Crippen LogP contribution is 2.14. The standard InChI is InChI=1S/C10H13N3O2S/c1-7-11-4-8(16-7)6-13-3-2-9(14)12-5-10(13)15/h4H,2-3,5-6H2,1H3,(H,12,14). The number of aromatic nitrogens is 1. The summed E-state index contributed by atoms with van der Waals surface area (Å²) < 4.78 is 0. The molecule has 0 aromatic carbocycles. The minimum absolute atomic E-state index is 0.0306. The molecule has 0 unspecified atom stereocenters. The Bertz CT molecular complexity index is 416. The Hall–Kier alpha value is -1.43. The third kappa shape index (κ3) is 2.57. The van der Waals surface area contributed by atoms with E-state index in [-0.39, 0.29) is 18.4 Å². The first-order valence-electron chi connectivity index (χ1n) is 5.11. The maximum absolute atomic E-state index is 11.7. The first-order valence-corrected chi connectivity index (χ1v) is 5.92. The molecule has 1 aliphatic rings. The Kier molecular flexibility index (Phi) is 3.19. The molecule has 1 saturated heterocycles. The Balaban J connectivity index is 2.02. The largest absolute Gasteiger partial charge is 0.347 e. The van der Waals surface area contributed by atoms with Gasteiger partial charge in [-0.05, 0) is 6.92 Å². The fourth-order valence-electron chi connectivity index (χ4n) is 1.57. The Labute approximate surface area is 97.5 Å². The van der Waals surface area contributed by atoms with Crippen LogP contribution < -0.4 is 5.32 Å². The third-order valence-corrected chi connectivity index (χ3v) is 3.31. The molecular formula is C10H13N3O2S. The van der Waals surface area contributed by atoms with Gasteiger partial charge in [-0.2, -0.15) is 0 Å². The summed E-state index contributed by atoms with van der Waals surface area (Å²) in [5, 5.41) is 3.56. The molecule has 1 aliphatic heterocycles. The molecule has 5 nitrogen and oxygen atoms in total. The van der Waals surface area contributed by atoms with Gasteiger partial charge < -0.3 is 10.2 Å². The van der Waals surface area contributed by atoms with Crippen molar-refractivity contribution in [2.75, 3.05) is 13.1 Å². The lowest BCUT2D eigenvalue weighted by Crippen LogP contribution is -2.34. The molecule has 1 fully saturated rings. The van der Waals surface area contributed by atoms with Gasteiger partial charge in [-0.1, -0.05) is 0 Å². The van der Waals surface area contributed by atoms with Crippen LogP contribution in [0.5, 0.6) is 0 Å². The molecule has 1 aromatic heterocycles. The van der Waals surface area contributed by atoms with Gasteiger partial charge in [0.05, 0.1) is 18.1 Å². The van der Waals surface area contributed by atoms with E-state index in [4.69, 9.17) is 0 Å². The predicted molar refractivity (Wildman–Crippen MR) is 59.9 cm³/mol. The smallest absolute Gasteiger partial charge is 0.242 e. The molecule has 2 amide bonds. The Morgan fingerprint density at radius 2 is 2.38 bits per heavy atom. The molecule has 0 bridgehead atoms.